The topological polar surface area (TPSA) is 75.9 Å². The minimum Gasteiger partial charge on any atom is -0.310 e. The number of fused-ring (bicyclic) bond motifs is 1. The number of carbonyl (C=O) groups excluding carboxylic acids is 1. The van der Waals surface area contributed by atoms with Gasteiger partial charge in [-0.3, -0.25) is 4.79 Å². The minimum absolute atomic E-state index is 0.0153. The van der Waals surface area contributed by atoms with Crippen LogP contribution in [-0.4, -0.2) is 56.6 Å². The fraction of sp³-hybridized carbons (Fsp3) is 0.429. The summed E-state index contributed by atoms with van der Waals surface area (Å²) in [6, 6.07) is 7.73. The second kappa shape index (κ2) is 8.62. The summed E-state index contributed by atoms with van der Waals surface area (Å²) >= 11 is 0. The number of hydrogen-bond acceptors (Lipinski definition) is 5. The van der Waals surface area contributed by atoms with Gasteiger partial charge in [-0.2, -0.15) is 13.2 Å². The molecule has 0 radical (unpaired) electrons. The van der Waals surface area contributed by atoms with Crippen molar-refractivity contribution in [3.63, 3.8) is 0 Å². The lowest BCUT2D eigenvalue weighted by Gasteiger charge is -2.31. The van der Waals surface area contributed by atoms with Crippen LogP contribution in [0.5, 0.6) is 0 Å². The third-order valence-electron chi connectivity index (χ3n) is 5.65. The van der Waals surface area contributed by atoms with Crippen LogP contribution in [0.2, 0.25) is 0 Å². The van der Waals surface area contributed by atoms with Crippen molar-refractivity contribution in [2.75, 3.05) is 25.0 Å². The maximum Gasteiger partial charge on any atom is 0.390 e. The number of carbonyl (C=O) groups is 1. The van der Waals surface area contributed by atoms with Crippen LogP contribution in [0.15, 0.2) is 36.7 Å². The van der Waals surface area contributed by atoms with Gasteiger partial charge < -0.3 is 10.2 Å². The first-order valence-electron chi connectivity index (χ1n) is 10.1. The molecule has 0 saturated carbocycles. The van der Waals surface area contributed by atoms with Crippen LogP contribution in [0.4, 0.5) is 19.0 Å². The number of benzene rings is 1. The molecule has 10 heteroatoms. The van der Waals surface area contributed by atoms with Crippen LogP contribution in [0.25, 0.3) is 22.0 Å². The number of nitrogens with zero attached hydrogens (tertiary/aromatic N) is 5. The third kappa shape index (κ3) is 5.19. The largest absolute Gasteiger partial charge is 0.390 e. The number of alkyl halides is 3. The number of piperidine rings is 1. The number of pyridine rings is 1. The van der Waals surface area contributed by atoms with Crippen LogP contribution >= 0.6 is 0 Å². The highest BCUT2D eigenvalue weighted by Crippen LogP contribution is 2.26. The summed E-state index contributed by atoms with van der Waals surface area (Å²) in [5, 5.41) is 12.6. The average molecular weight is 432 g/mol. The Kier molecular flexibility index (Phi) is 5.90. The highest BCUT2D eigenvalue weighted by molar-refractivity contribution is 5.95. The third-order valence-corrected chi connectivity index (χ3v) is 5.65. The van der Waals surface area contributed by atoms with E-state index in [-0.39, 0.29) is 18.4 Å². The summed E-state index contributed by atoms with van der Waals surface area (Å²) in [5.41, 5.74) is 1.83. The molecule has 31 heavy (non-hydrogen) atoms. The van der Waals surface area contributed by atoms with E-state index in [9.17, 15) is 18.0 Å². The van der Waals surface area contributed by atoms with Crippen LogP contribution < -0.4 is 5.32 Å². The van der Waals surface area contributed by atoms with E-state index in [1.165, 1.54) is 0 Å². The Balaban J connectivity index is 1.39. The number of amides is 1. The molecule has 7 nitrogen and oxygen atoms in total. The van der Waals surface area contributed by atoms with Gasteiger partial charge in [-0.1, -0.05) is 17.3 Å². The Bertz CT molecular complexity index is 1070. The van der Waals surface area contributed by atoms with Crippen molar-refractivity contribution in [3.05, 3.63) is 36.7 Å². The Labute approximate surface area is 177 Å². The molecule has 0 bridgehead atoms. The summed E-state index contributed by atoms with van der Waals surface area (Å²) in [4.78, 5) is 18.7. The zero-order valence-electron chi connectivity index (χ0n) is 17.1. The molecule has 1 saturated heterocycles. The van der Waals surface area contributed by atoms with Crippen molar-refractivity contribution in [1.82, 2.24) is 24.9 Å². The predicted molar refractivity (Wildman–Crippen MR) is 110 cm³/mol. The van der Waals surface area contributed by atoms with Crippen molar-refractivity contribution in [1.29, 1.82) is 0 Å². The molecule has 0 atom stereocenters. The van der Waals surface area contributed by atoms with E-state index in [1.807, 2.05) is 31.3 Å². The van der Waals surface area contributed by atoms with Gasteiger partial charge in [-0.05, 0) is 43.5 Å². The standard InChI is InChI=1S/C21H23F3N6O/c1-29-18(13-26-28-29)15-2-3-16-12-25-19(11-17(16)10-15)27-20(31)14-4-7-30(8-5-14)9-6-21(22,23)24/h2-3,10-14H,4-9H2,1H3,(H,25,27,31). The van der Waals surface area contributed by atoms with Gasteiger partial charge in [0.25, 0.3) is 0 Å². The molecule has 0 aliphatic carbocycles. The smallest absolute Gasteiger partial charge is 0.310 e. The molecule has 2 aromatic heterocycles. The summed E-state index contributed by atoms with van der Waals surface area (Å²) in [6.07, 6.45) is -0.503. The fourth-order valence-electron chi connectivity index (χ4n) is 3.85. The van der Waals surface area contributed by atoms with Gasteiger partial charge >= 0.3 is 6.18 Å². The van der Waals surface area contributed by atoms with E-state index in [0.29, 0.717) is 31.7 Å². The molecule has 3 aromatic rings. The number of aromatic nitrogens is 4. The molecule has 4 rings (SSSR count). The Morgan fingerprint density at radius 3 is 2.61 bits per heavy atom. The molecule has 1 aliphatic heterocycles. The van der Waals surface area contributed by atoms with Gasteiger partial charge in [0.15, 0.2) is 0 Å². The zero-order chi connectivity index (χ0) is 22.0. The summed E-state index contributed by atoms with van der Waals surface area (Å²) in [7, 11) is 1.82. The number of hydrogen-bond donors (Lipinski definition) is 1. The van der Waals surface area contributed by atoms with E-state index < -0.39 is 12.6 Å². The quantitative estimate of drug-likeness (QED) is 0.666. The van der Waals surface area contributed by atoms with Crippen molar-refractivity contribution in [2.24, 2.45) is 13.0 Å². The molecule has 1 fully saturated rings. The zero-order valence-corrected chi connectivity index (χ0v) is 17.1. The van der Waals surface area contributed by atoms with Gasteiger partial charge in [0, 0.05) is 36.7 Å². The first-order chi connectivity index (χ1) is 14.8. The number of halogens is 3. The second-order valence-electron chi connectivity index (χ2n) is 7.84. The van der Waals surface area contributed by atoms with Crippen molar-refractivity contribution in [2.45, 2.75) is 25.4 Å². The van der Waals surface area contributed by atoms with Crippen molar-refractivity contribution >= 4 is 22.5 Å². The van der Waals surface area contributed by atoms with E-state index in [0.717, 1.165) is 22.0 Å². The van der Waals surface area contributed by atoms with E-state index in [1.54, 1.807) is 22.0 Å². The minimum atomic E-state index is -4.15. The normalized spacial score (nSPS) is 16.0. The number of rotatable bonds is 5. The Morgan fingerprint density at radius 2 is 1.94 bits per heavy atom. The Morgan fingerprint density at radius 1 is 1.16 bits per heavy atom. The second-order valence-corrected chi connectivity index (χ2v) is 7.84. The van der Waals surface area contributed by atoms with Gasteiger partial charge in [-0.15, -0.1) is 5.10 Å². The van der Waals surface area contributed by atoms with Crippen molar-refractivity contribution < 1.29 is 18.0 Å². The molecule has 164 valence electrons. The Hall–Kier alpha value is -3.01. The summed E-state index contributed by atoms with van der Waals surface area (Å²) < 4.78 is 38.9. The van der Waals surface area contributed by atoms with Crippen LogP contribution in [0.1, 0.15) is 19.3 Å². The summed E-state index contributed by atoms with van der Waals surface area (Å²) in [5.74, 6) is 0.0816. The number of anilines is 1. The highest BCUT2D eigenvalue weighted by atomic mass is 19.4. The molecular weight excluding hydrogens is 409 g/mol. The summed E-state index contributed by atoms with van der Waals surface area (Å²) in [6.45, 7) is 0.960. The van der Waals surface area contributed by atoms with Gasteiger partial charge in [-0.25, -0.2) is 9.67 Å². The number of likely N-dealkylation sites (tertiary alicyclic amines) is 1. The van der Waals surface area contributed by atoms with E-state index in [4.69, 9.17) is 0 Å². The molecule has 1 N–H and O–H groups in total. The van der Waals surface area contributed by atoms with Crippen LogP contribution in [0.3, 0.4) is 0 Å². The molecule has 0 spiro atoms. The molecule has 1 aromatic carbocycles. The highest BCUT2D eigenvalue weighted by Gasteiger charge is 2.30. The van der Waals surface area contributed by atoms with Gasteiger partial charge in [0.2, 0.25) is 5.91 Å². The number of nitrogens with one attached hydrogen (secondary N) is 1. The maximum atomic E-state index is 12.7. The maximum absolute atomic E-state index is 12.7. The van der Waals surface area contributed by atoms with E-state index in [2.05, 4.69) is 20.6 Å². The number of aryl methyl sites for hydroxylation is 1. The molecular formula is C21H23F3N6O. The average Bonchev–Trinajstić information content (AvgIpc) is 3.17. The molecule has 0 unspecified atom stereocenters. The SMILES string of the molecule is Cn1nncc1-c1ccc2cnc(NC(=O)C3CCN(CCC(F)(F)F)CC3)cc2c1. The lowest BCUT2D eigenvalue weighted by molar-refractivity contribution is -0.139. The molecule has 1 amide bonds. The lowest BCUT2D eigenvalue weighted by atomic mass is 9.95. The monoisotopic (exact) mass is 432 g/mol. The fourth-order valence-corrected chi connectivity index (χ4v) is 3.85. The molecule has 1 aliphatic rings. The van der Waals surface area contributed by atoms with E-state index >= 15 is 0 Å². The van der Waals surface area contributed by atoms with Gasteiger partial charge in [0.05, 0.1) is 18.3 Å². The predicted octanol–water partition coefficient (Wildman–Crippen LogP) is 3.63. The van der Waals surface area contributed by atoms with Crippen LogP contribution in [-0.2, 0) is 11.8 Å². The molecule has 3 heterocycles. The lowest BCUT2D eigenvalue weighted by Crippen LogP contribution is -2.39. The van der Waals surface area contributed by atoms with Crippen molar-refractivity contribution in [3.8, 4) is 11.3 Å². The first kappa shape index (κ1) is 21.2. The van der Waals surface area contributed by atoms with Crippen LogP contribution in [0, 0.1) is 5.92 Å². The van der Waals surface area contributed by atoms with Gasteiger partial charge in [0.1, 0.15) is 5.82 Å². The first-order valence-corrected chi connectivity index (χ1v) is 10.1.